The number of methoxy groups -OCH3 is 1. The lowest BCUT2D eigenvalue weighted by Crippen LogP contribution is -2.29. The molecule has 0 aromatic heterocycles. The van der Waals surface area contributed by atoms with Gasteiger partial charge < -0.3 is 25.2 Å². The Kier molecular flexibility index (Phi) is 6.49. The van der Waals surface area contributed by atoms with Gasteiger partial charge in [-0.1, -0.05) is 24.3 Å². The molecule has 7 nitrogen and oxygen atoms in total. The van der Waals surface area contributed by atoms with Gasteiger partial charge in [0.15, 0.2) is 0 Å². The second-order valence-electron chi connectivity index (χ2n) is 7.97. The summed E-state index contributed by atoms with van der Waals surface area (Å²) in [5.41, 5.74) is 2.50. The molecule has 3 N–H and O–H groups in total. The number of para-hydroxylation sites is 1. The number of amides is 1. The lowest BCUT2D eigenvalue weighted by molar-refractivity contribution is 0.0698. The molecule has 4 rings (SSSR count). The Morgan fingerprint density at radius 2 is 1.70 bits per heavy atom. The van der Waals surface area contributed by atoms with Crippen molar-refractivity contribution in [1.82, 2.24) is 0 Å². The number of carboxylic acids is 1. The molecule has 0 spiro atoms. The van der Waals surface area contributed by atoms with Crippen molar-refractivity contribution in [3.63, 3.8) is 0 Å². The van der Waals surface area contributed by atoms with Crippen molar-refractivity contribution < 1.29 is 24.5 Å². The Hall–Kier alpha value is -4.00. The molecule has 1 aliphatic heterocycles. The second kappa shape index (κ2) is 9.65. The summed E-state index contributed by atoms with van der Waals surface area (Å²) in [6, 6.07) is 17.0. The molecular weight excluding hydrogens is 420 g/mol. The van der Waals surface area contributed by atoms with Crippen LogP contribution in [0.15, 0.2) is 60.7 Å². The number of aromatic hydroxyl groups is 1. The fourth-order valence-corrected chi connectivity index (χ4v) is 4.13. The maximum absolute atomic E-state index is 13.1. The third-order valence-corrected chi connectivity index (χ3v) is 5.86. The van der Waals surface area contributed by atoms with Crippen molar-refractivity contribution in [2.45, 2.75) is 19.3 Å². The van der Waals surface area contributed by atoms with E-state index < -0.39 is 11.9 Å². The average molecular weight is 447 g/mol. The first-order valence-electron chi connectivity index (χ1n) is 10.9. The molecule has 1 fully saturated rings. The minimum absolute atomic E-state index is 0.0475. The minimum atomic E-state index is -1.16. The van der Waals surface area contributed by atoms with Crippen molar-refractivity contribution >= 4 is 23.3 Å². The highest BCUT2D eigenvalue weighted by molar-refractivity contribution is 6.10. The van der Waals surface area contributed by atoms with E-state index in [-0.39, 0.29) is 22.6 Å². The van der Waals surface area contributed by atoms with E-state index in [1.807, 2.05) is 24.3 Å². The van der Waals surface area contributed by atoms with Gasteiger partial charge in [-0.2, -0.15) is 0 Å². The predicted octanol–water partition coefficient (Wildman–Crippen LogP) is 5.01. The Morgan fingerprint density at radius 3 is 2.42 bits per heavy atom. The largest absolute Gasteiger partial charge is 0.507 e. The predicted molar refractivity (Wildman–Crippen MR) is 128 cm³/mol. The van der Waals surface area contributed by atoms with Crippen LogP contribution in [-0.2, 0) is 0 Å². The van der Waals surface area contributed by atoms with Crippen molar-refractivity contribution in [2.75, 3.05) is 30.4 Å². The van der Waals surface area contributed by atoms with Crippen LogP contribution in [0.5, 0.6) is 11.5 Å². The number of nitrogens with one attached hydrogen (secondary N) is 1. The fraction of sp³-hybridized carbons (Fsp3) is 0.231. The summed E-state index contributed by atoms with van der Waals surface area (Å²) in [5, 5.41) is 22.7. The number of phenolic OH excluding ortho intramolecular Hbond substituents is 1. The number of phenols is 1. The number of hydrogen-bond acceptors (Lipinski definition) is 5. The molecule has 0 unspecified atom stereocenters. The number of hydrogen-bond donors (Lipinski definition) is 3. The Morgan fingerprint density at radius 1 is 0.939 bits per heavy atom. The molecule has 0 saturated carbocycles. The van der Waals surface area contributed by atoms with Gasteiger partial charge in [0.1, 0.15) is 11.5 Å². The minimum Gasteiger partial charge on any atom is -0.507 e. The number of anilines is 2. The van der Waals surface area contributed by atoms with Crippen LogP contribution in [0.4, 0.5) is 11.4 Å². The summed E-state index contributed by atoms with van der Waals surface area (Å²) < 4.78 is 5.41. The Balaban J connectivity index is 1.68. The molecule has 1 aliphatic rings. The summed E-state index contributed by atoms with van der Waals surface area (Å²) in [5.74, 6) is -1.27. The Bertz CT molecular complexity index is 1190. The summed E-state index contributed by atoms with van der Waals surface area (Å²) in [6.45, 7) is 1.80. The van der Waals surface area contributed by atoms with Gasteiger partial charge in [0, 0.05) is 24.3 Å². The maximum Gasteiger partial charge on any atom is 0.337 e. The maximum atomic E-state index is 13.1. The van der Waals surface area contributed by atoms with Crippen molar-refractivity contribution in [1.29, 1.82) is 0 Å². The van der Waals surface area contributed by atoms with E-state index in [1.54, 1.807) is 31.4 Å². The highest BCUT2D eigenvalue weighted by atomic mass is 16.5. The smallest absolute Gasteiger partial charge is 0.337 e. The van der Waals surface area contributed by atoms with Crippen LogP contribution >= 0.6 is 0 Å². The van der Waals surface area contributed by atoms with E-state index in [2.05, 4.69) is 10.2 Å². The molecular formula is C26H26N2O5. The third-order valence-electron chi connectivity index (χ3n) is 5.86. The molecule has 33 heavy (non-hydrogen) atoms. The number of aromatic carboxylic acids is 1. The summed E-state index contributed by atoms with van der Waals surface area (Å²) >= 11 is 0. The standard InChI is InChI=1S/C26H26N2O5/c1-33-24-8-4-3-7-19(24)17-9-11-20(26(31)32)22(15-17)27-25(30)21-16-18(10-12-23(21)29)28-13-5-2-6-14-28/h3-4,7-12,15-16,29H,2,5-6,13-14H2,1H3,(H,27,30)(H,31,32). The highest BCUT2D eigenvalue weighted by Crippen LogP contribution is 2.33. The number of carboxylic acid groups (broad SMARTS) is 1. The number of piperidine rings is 1. The van der Waals surface area contributed by atoms with Gasteiger partial charge in [0.25, 0.3) is 5.91 Å². The molecule has 7 heteroatoms. The second-order valence-corrected chi connectivity index (χ2v) is 7.97. The summed E-state index contributed by atoms with van der Waals surface area (Å²) in [7, 11) is 1.56. The van der Waals surface area contributed by atoms with Gasteiger partial charge >= 0.3 is 5.97 Å². The van der Waals surface area contributed by atoms with Crippen LogP contribution in [-0.4, -0.2) is 42.3 Å². The highest BCUT2D eigenvalue weighted by Gasteiger charge is 2.20. The lowest BCUT2D eigenvalue weighted by atomic mass is 10.0. The lowest BCUT2D eigenvalue weighted by Gasteiger charge is -2.29. The van der Waals surface area contributed by atoms with E-state index >= 15 is 0 Å². The SMILES string of the molecule is COc1ccccc1-c1ccc(C(=O)O)c(NC(=O)c2cc(N3CCCCC3)ccc2O)c1. The van der Waals surface area contributed by atoms with E-state index in [0.29, 0.717) is 11.3 Å². The van der Waals surface area contributed by atoms with E-state index in [4.69, 9.17) is 4.74 Å². The molecule has 1 heterocycles. The number of carbonyl (C=O) groups is 2. The van der Waals surface area contributed by atoms with Crippen LogP contribution in [0.25, 0.3) is 11.1 Å². The van der Waals surface area contributed by atoms with Crippen molar-refractivity contribution in [2.24, 2.45) is 0 Å². The van der Waals surface area contributed by atoms with Crippen LogP contribution in [0, 0.1) is 0 Å². The normalized spacial score (nSPS) is 13.4. The zero-order chi connectivity index (χ0) is 23.4. The zero-order valence-corrected chi connectivity index (χ0v) is 18.4. The van der Waals surface area contributed by atoms with Gasteiger partial charge in [-0.15, -0.1) is 0 Å². The number of carbonyl (C=O) groups excluding carboxylic acids is 1. The fourth-order valence-electron chi connectivity index (χ4n) is 4.13. The number of ether oxygens (including phenoxy) is 1. The van der Waals surface area contributed by atoms with Gasteiger partial charge in [-0.25, -0.2) is 4.79 Å². The summed E-state index contributed by atoms with van der Waals surface area (Å²) in [4.78, 5) is 27.1. The molecule has 3 aromatic carbocycles. The quantitative estimate of drug-likeness (QED) is 0.492. The number of benzene rings is 3. The number of rotatable bonds is 6. The summed E-state index contributed by atoms with van der Waals surface area (Å²) in [6.07, 6.45) is 3.35. The molecule has 0 atom stereocenters. The topological polar surface area (TPSA) is 99.1 Å². The molecule has 0 bridgehead atoms. The third kappa shape index (κ3) is 4.77. The molecule has 1 saturated heterocycles. The molecule has 3 aromatic rings. The Labute approximate surface area is 192 Å². The van der Waals surface area contributed by atoms with E-state index in [0.717, 1.165) is 37.2 Å². The average Bonchev–Trinajstić information content (AvgIpc) is 2.84. The van der Waals surface area contributed by atoms with Gasteiger partial charge in [-0.05, 0) is 61.2 Å². The molecule has 1 amide bonds. The number of nitrogens with zero attached hydrogens (tertiary/aromatic N) is 1. The van der Waals surface area contributed by atoms with Gasteiger partial charge in [0.2, 0.25) is 0 Å². The van der Waals surface area contributed by atoms with Gasteiger partial charge in [0.05, 0.1) is 23.9 Å². The van der Waals surface area contributed by atoms with E-state index in [1.165, 1.54) is 18.6 Å². The first-order chi connectivity index (χ1) is 16.0. The zero-order valence-electron chi connectivity index (χ0n) is 18.4. The molecule has 0 aliphatic carbocycles. The first kappa shape index (κ1) is 22.2. The van der Waals surface area contributed by atoms with Crippen LogP contribution in [0.3, 0.4) is 0 Å². The molecule has 0 radical (unpaired) electrons. The van der Waals surface area contributed by atoms with E-state index in [9.17, 15) is 19.8 Å². The van der Waals surface area contributed by atoms with Crippen LogP contribution < -0.4 is 15.0 Å². The monoisotopic (exact) mass is 446 g/mol. The van der Waals surface area contributed by atoms with Gasteiger partial charge in [-0.3, -0.25) is 4.79 Å². The van der Waals surface area contributed by atoms with Crippen LogP contribution in [0.1, 0.15) is 40.0 Å². The molecule has 170 valence electrons. The first-order valence-corrected chi connectivity index (χ1v) is 10.9. The van der Waals surface area contributed by atoms with Crippen molar-refractivity contribution in [3.8, 4) is 22.6 Å². The van der Waals surface area contributed by atoms with Crippen LogP contribution in [0.2, 0.25) is 0 Å². The van der Waals surface area contributed by atoms with Crippen molar-refractivity contribution in [3.05, 3.63) is 71.8 Å².